The molecule has 0 saturated heterocycles. The smallest absolute Gasteiger partial charge is 0.227 e. The van der Waals surface area contributed by atoms with E-state index in [-0.39, 0.29) is 0 Å². The molecule has 60 heavy (non-hydrogen) atoms. The third-order valence-corrected chi connectivity index (χ3v) is 12.2. The van der Waals surface area contributed by atoms with Crippen LogP contribution in [0.2, 0.25) is 0 Å². The van der Waals surface area contributed by atoms with Gasteiger partial charge >= 0.3 is 0 Å². The van der Waals surface area contributed by atoms with E-state index in [1.165, 1.54) is 44.5 Å². The van der Waals surface area contributed by atoms with Gasteiger partial charge < -0.3 is 4.42 Å². The lowest BCUT2D eigenvalue weighted by atomic mass is 9.80. The molecule has 6 aromatic carbocycles. The van der Waals surface area contributed by atoms with E-state index >= 15 is 0 Å². The van der Waals surface area contributed by atoms with Crippen molar-refractivity contribution in [2.24, 2.45) is 0 Å². The molecular weight excluding hydrogens is 731 g/mol. The first-order valence-corrected chi connectivity index (χ1v) is 20.5. The number of pyridine rings is 3. The molecule has 0 aliphatic heterocycles. The van der Waals surface area contributed by atoms with Crippen molar-refractivity contribution in [3.05, 3.63) is 198 Å². The monoisotopic (exact) mass is 773 g/mol. The maximum absolute atomic E-state index is 6.33. The van der Waals surface area contributed by atoms with Crippen LogP contribution in [-0.4, -0.2) is 15.0 Å². The number of hydrogen-bond donors (Lipinski definition) is 0. The molecule has 0 atom stereocenters. The Morgan fingerprint density at radius 2 is 0.933 bits per heavy atom. The van der Waals surface area contributed by atoms with Crippen molar-refractivity contribution >= 4 is 22.1 Å². The first-order valence-electron chi connectivity index (χ1n) is 20.5. The van der Waals surface area contributed by atoms with Gasteiger partial charge in [0.2, 0.25) is 5.71 Å². The van der Waals surface area contributed by atoms with Gasteiger partial charge in [0, 0.05) is 51.1 Å². The molecule has 4 heterocycles. The van der Waals surface area contributed by atoms with Crippen LogP contribution in [0.1, 0.15) is 27.9 Å². The van der Waals surface area contributed by atoms with Crippen molar-refractivity contribution in [1.29, 1.82) is 0 Å². The van der Waals surface area contributed by atoms with Crippen LogP contribution < -0.4 is 0 Å². The average Bonchev–Trinajstić information content (AvgIpc) is 3.67. The standard InChI is InChI=1S/C56H43N3O/c1-34-27-29-47-46-25-16-26-48(55(46)60-56(47)59-34)51-30-28-41(32-57-51)42-21-12-14-23-44(42)53-35(2)37(4)54(38(5)36(53)3)45-24-15-13-22-43(45)50-33-58-52(40-19-10-7-11-20-40)31-49(50)39-17-8-6-9-18-39/h6-33H,1-5H3. The summed E-state index contributed by atoms with van der Waals surface area (Å²) in [5, 5.41) is 2.06. The van der Waals surface area contributed by atoms with Crippen molar-refractivity contribution < 1.29 is 4.42 Å². The van der Waals surface area contributed by atoms with Crippen LogP contribution in [-0.2, 0) is 0 Å². The molecule has 0 spiro atoms. The number of furan rings is 1. The van der Waals surface area contributed by atoms with E-state index in [4.69, 9.17) is 14.4 Å². The summed E-state index contributed by atoms with van der Waals surface area (Å²) in [6.07, 6.45) is 4.06. The van der Waals surface area contributed by atoms with Gasteiger partial charge in [0.05, 0.1) is 11.4 Å². The molecule has 0 fully saturated rings. The number of aromatic nitrogens is 3. The van der Waals surface area contributed by atoms with Crippen LogP contribution in [0, 0.1) is 34.6 Å². The number of aryl methyl sites for hydroxylation is 1. The zero-order valence-electron chi connectivity index (χ0n) is 34.4. The number of nitrogens with zero attached hydrogens (tertiary/aromatic N) is 3. The summed E-state index contributed by atoms with van der Waals surface area (Å²) in [6, 6.07) is 55.5. The third kappa shape index (κ3) is 6.29. The Morgan fingerprint density at radius 3 is 1.58 bits per heavy atom. The van der Waals surface area contributed by atoms with E-state index in [0.29, 0.717) is 5.71 Å². The SMILES string of the molecule is Cc1ccc2c(n1)oc1c(-c3ccc(-c4ccccc4-c4c(C)c(C)c(-c5ccccc5-c5cnc(-c6ccccc6)cc5-c5ccccc5)c(C)c4C)cn3)cccc12. The van der Waals surface area contributed by atoms with E-state index in [9.17, 15) is 0 Å². The van der Waals surface area contributed by atoms with Crippen molar-refractivity contribution in [2.75, 3.05) is 0 Å². The second-order valence-corrected chi connectivity index (χ2v) is 15.7. The largest absolute Gasteiger partial charge is 0.437 e. The third-order valence-electron chi connectivity index (χ3n) is 12.2. The number of hydrogen-bond acceptors (Lipinski definition) is 4. The summed E-state index contributed by atoms with van der Waals surface area (Å²) in [5.41, 5.74) is 23.1. The maximum Gasteiger partial charge on any atom is 0.227 e. The van der Waals surface area contributed by atoms with E-state index in [0.717, 1.165) is 77.9 Å². The molecule has 0 unspecified atom stereocenters. The van der Waals surface area contributed by atoms with Crippen LogP contribution >= 0.6 is 0 Å². The average molecular weight is 774 g/mol. The molecule has 0 bridgehead atoms. The van der Waals surface area contributed by atoms with E-state index in [1.807, 2.05) is 25.3 Å². The molecule has 0 aliphatic rings. The van der Waals surface area contributed by atoms with Gasteiger partial charge in [-0.05, 0) is 132 Å². The highest BCUT2D eigenvalue weighted by atomic mass is 16.3. The second kappa shape index (κ2) is 15.1. The quantitative estimate of drug-likeness (QED) is 0.162. The Kier molecular flexibility index (Phi) is 9.26. The molecule has 10 aromatic rings. The van der Waals surface area contributed by atoms with Crippen molar-refractivity contribution in [1.82, 2.24) is 15.0 Å². The summed E-state index contributed by atoms with van der Waals surface area (Å²) >= 11 is 0. The predicted octanol–water partition coefficient (Wildman–Crippen LogP) is 15.0. The Labute approximate surface area is 350 Å². The minimum atomic E-state index is 0.653. The zero-order valence-corrected chi connectivity index (χ0v) is 34.4. The van der Waals surface area contributed by atoms with Gasteiger partial charge in [-0.25, -0.2) is 4.98 Å². The highest BCUT2D eigenvalue weighted by Gasteiger charge is 2.23. The highest BCUT2D eigenvalue weighted by Crippen LogP contribution is 2.46. The van der Waals surface area contributed by atoms with Crippen molar-refractivity contribution in [3.63, 3.8) is 0 Å². The van der Waals surface area contributed by atoms with E-state index in [1.54, 1.807) is 0 Å². The van der Waals surface area contributed by atoms with Gasteiger partial charge in [-0.15, -0.1) is 0 Å². The number of rotatable bonds is 7. The van der Waals surface area contributed by atoms with Gasteiger partial charge in [-0.1, -0.05) is 127 Å². The summed E-state index contributed by atoms with van der Waals surface area (Å²) in [7, 11) is 0. The van der Waals surface area contributed by atoms with Gasteiger partial charge in [-0.3, -0.25) is 9.97 Å². The van der Waals surface area contributed by atoms with Crippen molar-refractivity contribution in [3.8, 4) is 78.1 Å². The Bertz CT molecular complexity index is 3210. The molecule has 4 heteroatoms. The molecule has 0 aliphatic carbocycles. The Balaban J connectivity index is 1.07. The molecule has 10 rings (SSSR count). The maximum atomic E-state index is 6.33. The second-order valence-electron chi connectivity index (χ2n) is 15.7. The van der Waals surface area contributed by atoms with Gasteiger partial charge in [-0.2, -0.15) is 0 Å². The molecule has 0 amide bonds. The zero-order chi connectivity index (χ0) is 40.9. The summed E-state index contributed by atoms with van der Waals surface area (Å²) in [5.74, 6) is 0. The lowest BCUT2D eigenvalue weighted by molar-refractivity contribution is 0.653. The van der Waals surface area contributed by atoms with E-state index < -0.39 is 0 Å². The van der Waals surface area contributed by atoms with E-state index in [2.05, 4.69) is 184 Å². The number of para-hydroxylation sites is 1. The fraction of sp³-hybridized carbons (Fsp3) is 0.0893. The fourth-order valence-corrected chi connectivity index (χ4v) is 8.99. The molecule has 288 valence electrons. The minimum Gasteiger partial charge on any atom is -0.437 e. The van der Waals surface area contributed by atoms with Crippen LogP contribution in [0.25, 0.3) is 100 Å². The fourth-order valence-electron chi connectivity index (χ4n) is 8.99. The highest BCUT2D eigenvalue weighted by molar-refractivity contribution is 6.08. The normalized spacial score (nSPS) is 11.4. The Morgan fingerprint density at radius 1 is 0.367 bits per heavy atom. The number of fused-ring (bicyclic) bond motifs is 3. The molecule has 4 aromatic heterocycles. The summed E-state index contributed by atoms with van der Waals surface area (Å²) in [4.78, 5) is 14.7. The van der Waals surface area contributed by atoms with Crippen LogP contribution in [0.3, 0.4) is 0 Å². The van der Waals surface area contributed by atoms with Crippen LogP contribution in [0.4, 0.5) is 0 Å². The molecular formula is C56H43N3O. The van der Waals surface area contributed by atoms with Crippen LogP contribution in [0.15, 0.2) is 175 Å². The first kappa shape index (κ1) is 36.9. The lowest BCUT2D eigenvalue weighted by Crippen LogP contribution is -2.02. The molecule has 0 radical (unpaired) electrons. The summed E-state index contributed by atoms with van der Waals surface area (Å²) in [6.45, 7) is 11.1. The predicted molar refractivity (Wildman–Crippen MR) is 249 cm³/mol. The molecule has 0 saturated carbocycles. The topological polar surface area (TPSA) is 51.8 Å². The van der Waals surface area contributed by atoms with Crippen LogP contribution in [0.5, 0.6) is 0 Å². The van der Waals surface area contributed by atoms with Crippen molar-refractivity contribution in [2.45, 2.75) is 34.6 Å². The number of benzene rings is 6. The molecule has 0 N–H and O–H groups in total. The Hall–Kier alpha value is -7.43. The minimum absolute atomic E-state index is 0.653. The van der Waals surface area contributed by atoms with Gasteiger partial charge in [0.1, 0.15) is 5.58 Å². The first-order chi connectivity index (χ1) is 29.4. The summed E-state index contributed by atoms with van der Waals surface area (Å²) < 4.78 is 6.33. The lowest BCUT2D eigenvalue weighted by Gasteiger charge is -2.24. The molecule has 4 nitrogen and oxygen atoms in total. The van der Waals surface area contributed by atoms with Gasteiger partial charge in [0.25, 0.3) is 0 Å². The van der Waals surface area contributed by atoms with Gasteiger partial charge in [0.15, 0.2) is 0 Å².